The van der Waals surface area contributed by atoms with Gasteiger partial charge in [0.05, 0.1) is 5.52 Å². The van der Waals surface area contributed by atoms with Crippen LogP contribution in [0, 0.1) is 0 Å². The SMILES string of the molecule is CCn1c(=O)c([C@]2(C)N=C(NN)NN2)c(O)c2ccccc21. The van der Waals surface area contributed by atoms with Gasteiger partial charge in [0.2, 0.25) is 5.96 Å². The first-order valence-corrected chi connectivity index (χ1v) is 6.96. The molecule has 6 N–H and O–H groups in total. The van der Waals surface area contributed by atoms with Crippen LogP contribution in [0.4, 0.5) is 0 Å². The number of hydrogen-bond donors (Lipinski definition) is 5. The summed E-state index contributed by atoms with van der Waals surface area (Å²) in [4.78, 5) is 17.1. The van der Waals surface area contributed by atoms with E-state index in [1.165, 1.54) is 0 Å². The average molecular weight is 302 g/mol. The van der Waals surface area contributed by atoms with E-state index in [-0.39, 0.29) is 22.8 Å². The number of guanidine groups is 1. The molecule has 2 aromatic rings. The summed E-state index contributed by atoms with van der Waals surface area (Å²) in [6, 6.07) is 7.23. The quantitative estimate of drug-likeness (QED) is 0.388. The van der Waals surface area contributed by atoms with Gasteiger partial charge >= 0.3 is 0 Å². The predicted molar refractivity (Wildman–Crippen MR) is 83.9 cm³/mol. The van der Waals surface area contributed by atoms with Crippen molar-refractivity contribution in [2.75, 3.05) is 0 Å². The van der Waals surface area contributed by atoms with Crippen molar-refractivity contribution < 1.29 is 5.11 Å². The van der Waals surface area contributed by atoms with Crippen LogP contribution in [0.15, 0.2) is 34.1 Å². The molecule has 116 valence electrons. The molecule has 1 atom stereocenters. The van der Waals surface area contributed by atoms with E-state index in [4.69, 9.17) is 5.84 Å². The van der Waals surface area contributed by atoms with Gasteiger partial charge in [-0.25, -0.2) is 16.3 Å². The lowest BCUT2D eigenvalue weighted by molar-refractivity contribution is 0.367. The number of aliphatic imine (C=N–C) groups is 1. The van der Waals surface area contributed by atoms with Crippen molar-refractivity contribution in [3.8, 4) is 5.75 Å². The lowest BCUT2D eigenvalue weighted by Gasteiger charge is -2.23. The van der Waals surface area contributed by atoms with E-state index < -0.39 is 5.66 Å². The highest BCUT2D eigenvalue weighted by atomic mass is 16.3. The monoisotopic (exact) mass is 302 g/mol. The number of fused-ring (bicyclic) bond motifs is 1. The third-order valence-electron chi connectivity index (χ3n) is 3.85. The number of aromatic hydroxyl groups is 1. The van der Waals surface area contributed by atoms with Crippen LogP contribution in [0.1, 0.15) is 19.4 Å². The molecule has 0 fully saturated rings. The summed E-state index contributed by atoms with van der Waals surface area (Å²) in [5, 5.41) is 11.2. The second kappa shape index (κ2) is 5.00. The van der Waals surface area contributed by atoms with E-state index >= 15 is 0 Å². The minimum Gasteiger partial charge on any atom is -0.507 e. The molecule has 1 aromatic carbocycles. The molecule has 0 aliphatic carbocycles. The second-order valence-electron chi connectivity index (χ2n) is 5.22. The number of aromatic nitrogens is 1. The zero-order valence-electron chi connectivity index (χ0n) is 12.3. The minimum absolute atomic E-state index is 0.0795. The molecule has 3 rings (SSSR count). The Hall–Kier alpha value is -2.58. The van der Waals surface area contributed by atoms with Crippen LogP contribution in [0.25, 0.3) is 10.9 Å². The third kappa shape index (κ3) is 1.92. The Labute approximate surface area is 126 Å². The highest BCUT2D eigenvalue weighted by Crippen LogP contribution is 2.34. The number of pyridine rings is 1. The van der Waals surface area contributed by atoms with Crippen molar-refractivity contribution in [2.24, 2.45) is 10.8 Å². The first-order chi connectivity index (χ1) is 10.5. The summed E-state index contributed by atoms with van der Waals surface area (Å²) < 4.78 is 1.61. The number of para-hydroxylation sites is 1. The molecule has 0 spiro atoms. The van der Waals surface area contributed by atoms with Crippen LogP contribution in [0.2, 0.25) is 0 Å². The minimum atomic E-state index is -1.12. The Morgan fingerprint density at radius 2 is 2.18 bits per heavy atom. The van der Waals surface area contributed by atoms with Crippen molar-refractivity contribution in [3.05, 3.63) is 40.2 Å². The number of rotatable bonds is 2. The molecule has 0 saturated carbocycles. The lowest BCUT2D eigenvalue weighted by atomic mass is 10.00. The van der Waals surface area contributed by atoms with Gasteiger partial charge in [-0.2, -0.15) is 0 Å². The molecular formula is C14H18N6O2. The molecule has 1 aromatic heterocycles. The zero-order valence-corrected chi connectivity index (χ0v) is 12.3. The van der Waals surface area contributed by atoms with Crippen molar-refractivity contribution >= 4 is 16.9 Å². The van der Waals surface area contributed by atoms with Crippen molar-refractivity contribution in [1.29, 1.82) is 0 Å². The second-order valence-corrected chi connectivity index (χ2v) is 5.22. The molecule has 0 radical (unpaired) electrons. The fourth-order valence-electron chi connectivity index (χ4n) is 2.79. The van der Waals surface area contributed by atoms with E-state index in [0.29, 0.717) is 17.4 Å². The number of benzene rings is 1. The van der Waals surface area contributed by atoms with Crippen LogP contribution >= 0.6 is 0 Å². The molecule has 0 amide bonds. The van der Waals surface area contributed by atoms with Crippen LogP contribution < -0.4 is 27.7 Å². The Balaban J connectivity index is 2.36. The number of hydrazine groups is 2. The Morgan fingerprint density at radius 1 is 1.45 bits per heavy atom. The average Bonchev–Trinajstić information content (AvgIpc) is 2.90. The molecule has 8 heteroatoms. The first-order valence-electron chi connectivity index (χ1n) is 6.96. The van der Waals surface area contributed by atoms with Crippen LogP contribution in [-0.2, 0) is 12.2 Å². The number of aryl methyl sites for hydroxylation is 1. The highest BCUT2D eigenvalue weighted by Gasteiger charge is 2.38. The highest BCUT2D eigenvalue weighted by molar-refractivity contribution is 5.87. The summed E-state index contributed by atoms with van der Waals surface area (Å²) in [6.45, 7) is 4.06. The fourth-order valence-corrected chi connectivity index (χ4v) is 2.79. The van der Waals surface area contributed by atoms with E-state index in [0.717, 1.165) is 0 Å². The lowest BCUT2D eigenvalue weighted by Crippen LogP contribution is -2.48. The third-order valence-corrected chi connectivity index (χ3v) is 3.85. The number of nitrogens with zero attached hydrogens (tertiary/aromatic N) is 2. The summed E-state index contributed by atoms with van der Waals surface area (Å²) in [5.74, 6) is 5.54. The first kappa shape index (κ1) is 14.4. The molecular weight excluding hydrogens is 284 g/mol. The van der Waals surface area contributed by atoms with Gasteiger partial charge in [-0.05, 0) is 26.0 Å². The molecule has 2 heterocycles. The number of hydrogen-bond acceptors (Lipinski definition) is 7. The van der Waals surface area contributed by atoms with Gasteiger partial charge in [0, 0.05) is 11.9 Å². The van der Waals surface area contributed by atoms with E-state index in [1.54, 1.807) is 17.6 Å². The van der Waals surface area contributed by atoms with Crippen LogP contribution in [0.3, 0.4) is 0 Å². The van der Waals surface area contributed by atoms with Crippen LogP contribution in [-0.4, -0.2) is 15.6 Å². The van der Waals surface area contributed by atoms with Gasteiger partial charge < -0.3 is 9.67 Å². The number of nitrogens with one attached hydrogen (secondary N) is 3. The maximum absolute atomic E-state index is 12.8. The van der Waals surface area contributed by atoms with Crippen molar-refractivity contribution in [1.82, 2.24) is 20.8 Å². The van der Waals surface area contributed by atoms with E-state index in [9.17, 15) is 9.90 Å². The Bertz CT molecular complexity index is 828. The summed E-state index contributed by atoms with van der Waals surface area (Å²) >= 11 is 0. The van der Waals surface area contributed by atoms with Gasteiger partial charge in [0.1, 0.15) is 11.3 Å². The predicted octanol–water partition coefficient (Wildman–Crippen LogP) is -0.173. The van der Waals surface area contributed by atoms with Gasteiger partial charge in [0.25, 0.3) is 5.56 Å². The fraction of sp³-hybridized carbons (Fsp3) is 0.286. The molecule has 8 nitrogen and oxygen atoms in total. The standard InChI is InChI=1S/C14H18N6O2/c1-3-20-9-7-5-4-6-8(9)11(21)10(12(20)22)14(2)16-13(17-15)18-19-14/h4-7,19,21H,3,15H2,1-2H3,(H2,16,17,18)/t14-/m1/s1. The molecule has 1 aliphatic heterocycles. The van der Waals surface area contributed by atoms with Crippen LogP contribution in [0.5, 0.6) is 5.75 Å². The maximum Gasteiger partial charge on any atom is 0.261 e. The molecule has 22 heavy (non-hydrogen) atoms. The van der Waals surface area contributed by atoms with Gasteiger partial charge in [0.15, 0.2) is 5.66 Å². The molecule has 0 bridgehead atoms. The molecule has 0 saturated heterocycles. The zero-order chi connectivity index (χ0) is 15.9. The van der Waals surface area contributed by atoms with Crippen molar-refractivity contribution in [2.45, 2.75) is 26.1 Å². The molecule has 1 aliphatic rings. The van der Waals surface area contributed by atoms with Gasteiger partial charge in [-0.15, -0.1) is 0 Å². The Kier molecular flexibility index (Phi) is 3.27. The smallest absolute Gasteiger partial charge is 0.261 e. The van der Waals surface area contributed by atoms with Gasteiger partial charge in [-0.3, -0.25) is 15.6 Å². The van der Waals surface area contributed by atoms with Crippen molar-refractivity contribution in [3.63, 3.8) is 0 Å². The maximum atomic E-state index is 12.8. The van der Waals surface area contributed by atoms with Gasteiger partial charge in [-0.1, -0.05) is 12.1 Å². The molecule has 0 unspecified atom stereocenters. The normalized spacial score (nSPS) is 20.8. The number of nitrogens with two attached hydrogens (primary N) is 1. The largest absolute Gasteiger partial charge is 0.507 e. The summed E-state index contributed by atoms with van der Waals surface area (Å²) in [5.41, 5.74) is 7.44. The summed E-state index contributed by atoms with van der Waals surface area (Å²) in [6.07, 6.45) is 0. The summed E-state index contributed by atoms with van der Waals surface area (Å²) in [7, 11) is 0. The topological polar surface area (TPSA) is 117 Å². The van der Waals surface area contributed by atoms with E-state index in [1.807, 2.05) is 25.1 Å². The van der Waals surface area contributed by atoms with E-state index in [2.05, 4.69) is 21.3 Å². The Morgan fingerprint density at radius 3 is 2.82 bits per heavy atom.